The predicted molar refractivity (Wildman–Crippen MR) is 154 cm³/mol. The van der Waals surface area contributed by atoms with E-state index < -0.39 is 12.0 Å². The number of benzene rings is 2. The van der Waals surface area contributed by atoms with Gasteiger partial charge in [-0.25, -0.2) is 4.79 Å². The fourth-order valence-corrected chi connectivity index (χ4v) is 5.96. The Balaban J connectivity index is 1.39. The number of piperidine rings is 1. The monoisotopic (exact) mass is 543 g/mol. The number of aryl methyl sites for hydroxylation is 1. The van der Waals surface area contributed by atoms with E-state index >= 15 is 0 Å². The lowest BCUT2D eigenvalue weighted by Gasteiger charge is -2.34. The molecule has 8 nitrogen and oxygen atoms in total. The molecule has 0 saturated carbocycles. The van der Waals surface area contributed by atoms with Crippen LogP contribution in [0.15, 0.2) is 54.6 Å². The van der Waals surface area contributed by atoms with Crippen molar-refractivity contribution in [3.63, 3.8) is 0 Å². The van der Waals surface area contributed by atoms with Gasteiger partial charge in [0.15, 0.2) is 0 Å². The van der Waals surface area contributed by atoms with Crippen LogP contribution in [0.25, 0.3) is 17.0 Å². The summed E-state index contributed by atoms with van der Waals surface area (Å²) in [7, 11) is 1.37. The molecule has 0 N–H and O–H groups in total. The zero-order valence-corrected chi connectivity index (χ0v) is 23.3. The highest BCUT2D eigenvalue weighted by molar-refractivity contribution is 5.96. The van der Waals surface area contributed by atoms with Gasteiger partial charge in [0.1, 0.15) is 11.8 Å². The number of aromatic nitrogens is 1. The van der Waals surface area contributed by atoms with Gasteiger partial charge < -0.3 is 23.8 Å². The second kappa shape index (κ2) is 12.5. The summed E-state index contributed by atoms with van der Waals surface area (Å²) in [5.74, 6) is -0.616. The minimum Gasteiger partial charge on any atom is -0.467 e. The number of amides is 1. The normalized spacial score (nSPS) is 17.6. The van der Waals surface area contributed by atoms with Crippen LogP contribution in [0.4, 0.5) is 0 Å². The van der Waals surface area contributed by atoms with E-state index in [2.05, 4.69) is 21.6 Å². The number of hydrogen-bond acceptors (Lipinski definition) is 6. The van der Waals surface area contributed by atoms with E-state index in [0.29, 0.717) is 18.7 Å². The number of likely N-dealkylation sites (tertiary alicyclic amines) is 1. The van der Waals surface area contributed by atoms with Gasteiger partial charge in [0.25, 0.3) is 0 Å². The van der Waals surface area contributed by atoms with Gasteiger partial charge >= 0.3 is 11.9 Å². The Bertz CT molecular complexity index is 1400. The lowest BCUT2D eigenvalue weighted by molar-refractivity contribution is -0.152. The molecule has 0 aliphatic carbocycles. The lowest BCUT2D eigenvalue weighted by atomic mass is 9.96. The second-order valence-corrected chi connectivity index (χ2v) is 10.6. The zero-order valence-electron chi connectivity index (χ0n) is 23.3. The number of fused-ring (bicyclic) bond motifs is 3. The summed E-state index contributed by atoms with van der Waals surface area (Å²) in [5.41, 5.74) is 4.14. The highest BCUT2D eigenvalue weighted by Crippen LogP contribution is 2.34. The fourth-order valence-electron chi connectivity index (χ4n) is 5.96. The van der Waals surface area contributed by atoms with E-state index in [4.69, 9.17) is 9.47 Å². The van der Waals surface area contributed by atoms with Crippen LogP contribution < -0.4 is 4.74 Å². The first-order chi connectivity index (χ1) is 19.4. The Kier molecular flexibility index (Phi) is 8.65. The molecule has 3 heterocycles. The number of hydrogen-bond donors (Lipinski definition) is 0. The molecule has 0 bridgehead atoms. The van der Waals surface area contributed by atoms with Gasteiger partial charge in [0.05, 0.1) is 13.7 Å². The van der Waals surface area contributed by atoms with Gasteiger partial charge in [0, 0.05) is 42.6 Å². The van der Waals surface area contributed by atoms with Crippen LogP contribution in [-0.4, -0.2) is 65.0 Å². The van der Waals surface area contributed by atoms with Crippen molar-refractivity contribution in [2.24, 2.45) is 0 Å². The van der Waals surface area contributed by atoms with E-state index in [1.54, 1.807) is 35.2 Å². The molecule has 2 aliphatic rings. The number of methoxy groups -OCH3 is 1. The Morgan fingerprint density at radius 2 is 1.73 bits per heavy atom. The molecule has 210 valence electrons. The third kappa shape index (κ3) is 6.12. The van der Waals surface area contributed by atoms with E-state index in [-0.39, 0.29) is 11.9 Å². The van der Waals surface area contributed by atoms with Gasteiger partial charge in [-0.1, -0.05) is 36.8 Å². The van der Waals surface area contributed by atoms with Crippen molar-refractivity contribution in [1.29, 1.82) is 0 Å². The van der Waals surface area contributed by atoms with Crippen molar-refractivity contribution in [1.82, 2.24) is 14.4 Å². The summed E-state index contributed by atoms with van der Waals surface area (Å²) < 4.78 is 12.6. The Morgan fingerprint density at radius 3 is 2.45 bits per heavy atom. The molecule has 0 spiro atoms. The molecule has 5 rings (SSSR count). The van der Waals surface area contributed by atoms with Crippen LogP contribution in [0.3, 0.4) is 0 Å². The largest absolute Gasteiger partial charge is 0.467 e. The van der Waals surface area contributed by atoms with Gasteiger partial charge in [-0.15, -0.1) is 0 Å². The molecule has 1 fully saturated rings. The number of nitrogens with zero attached hydrogens (tertiary/aromatic N) is 3. The molecule has 1 saturated heterocycles. The highest BCUT2D eigenvalue weighted by Gasteiger charge is 2.37. The molecule has 0 unspecified atom stereocenters. The smallest absolute Gasteiger partial charge is 0.328 e. The molecule has 40 heavy (non-hydrogen) atoms. The highest BCUT2D eigenvalue weighted by atomic mass is 16.5. The van der Waals surface area contributed by atoms with Crippen molar-refractivity contribution >= 4 is 34.8 Å². The number of para-hydroxylation sites is 1. The molecule has 2 aromatic carbocycles. The average molecular weight is 544 g/mol. The molecule has 2 aliphatic heterocycles. The minimum absolute atomic E-state index is 0.254. The fraction of sp³-hybridized carbons (Fsp3) is 0.406. The standard InChI is InChI=1S/C32H37N3O5/c1-23(36)40-25-14-11-24(12-15-25)13-16-31(37)35-22-30-27(21-29(35)32(38)39-2)26-9-4-5-10-28(26)34(30)20-8-19-33-17-6-3-7-18-33/h4-5,9-16,29H,3,6-8,17-22H2,1-2H3/b16-13-/t29-/m0/s1. The van der Waals surface area contributed by atoms with Gasteiger partial charge in [-0.3, -0.25) is 9.59 Å². The topological polar surface area (TPSA) is 81.1 Å². The van der Waals surface area contributed by atoms with Crippen molar-refractivity contribution in [3.05, 3.63) is 71.4 Å². The van der Waals surface area contributed by atoms with Crippen molar-refractivity contribution in [2.75, 3.05) is 26.7 Å². The van der Waals surface area contributed by atoms with Crippen LogP contribution >= 0.6 is 0 Å². The van der Waals surface area contributed by atoms with Crippen LogP contribution in [0.1, 0.15) is 49.4 Å². The maximum Gasteiger partial charge on any atom is 0.328 e. The number of carbonyl (C=O) groups excluding carboxylic acids is 3. The Hall–Kier alpha value is -3.91. The van der Waals surface area contributed by atoms with Crippen molar-refractivity contribution in [3.8, 4) is 5.75 Å². The van der Waals surface area contributed by atoms with Crippen molar-refractivity contribution in [2.45, 2.75) is 58.2 Å². The molecule has 1 amide bonds. The predicted octanol–water partition coefficient (Wildman–Crippen LogP) is 4.58. The van der Waals surface area contributed by atoms with Crippen LogP contribution in [0, 0.1) is 0 Å². The molecular weight excluding hydrogens is 506 g/mol. The zero-order chi connectivity index (χ0) is 28.1. The third-order valence-electron chi connectivity index (χ3n) is 7.91. The number of ether oxygens (including phenoxy) is 2. The van der Waals surface area contributed by atoms with E-state index in [9.17, 15) is 14.4 Å². The molecule has 3 aromatic rings. The molecule has 1 aromatic heterocycles. The van der Waals surface area contributed by atoms with Gasteiger partial charge in [-0.2, -0.15) is 0 Å². The summed E-state index contributed by atoms with van der Waals surface area (Å²) in [4.78, 5) is 41.7. The first kappa shape index (κ1) is 27.6. The first-order valence-corrected chi connectivity index (χ1v) is 14.1. The summed E-state index contributed by atoms with van der Waals surface area (Å²) in [6.45, 7) is 5.96. The molecule has 0 radical (unpaired) electrons. The second-order valence-electron chi connectivity index (χ2n) is 10.6. The first-order valence-electron chi connectivity index (χ1n) is 14.1. The van der Waals surface area contributed by atoms with Crippen LogP contribution in [0.5, 0.6) is 5.75 Å². The van der Waals surface area contributed by atoms with E-state index in [1.165, 1.54) is 52.5 Å². The SMILES string of the molecule is COC(=O)[C@@H]1Cc2c(n(CCCN3CCCCC3)c3ccccc23)CN1C(=O)/C=C\c1ccc(OC(C)=O)cc1. The lowest BCUT2D eigenvalue weighted by Crippen LogP contribution is -2.49. The van der Waals surface area contributed by atoms with Gasteiger partial charge in [-0.05, 0) is 74.3 Å². The summed E-state index contributed by atoms with van der Waals surface area (Å²) >= 11 is 0. The van der Waals surface area contributed by atoms with E-state index in [0.717, 1.165) is 47.2 Å². The van der Waals surface area contributed by atoms with Crippen LogP contribution in [-0.2, 0) is 38.6 Å². The maximum atomic E-state index is 13.5. The summed E-state index contributed by atoms with van der Waals surface area (Å²) in [6.07, 6.45) is 8.52. The Morgan fingerprint density at radius 1 is 0.975 bits per heavy atom. The third-order valence-corrected chi connectivity index (χ3v) is 7.91. The molecule has 8 heteroatoms. The summed E-state index contributed by atoms with van der Waals surface area (Å²) in [6, 6.07) is 14.5. The maximum absolute atomic E-state index is 13.5. The summed E-state index contributed by atoms with van der Waals surface area (Å²) in [5, 5.41) is 1.14. The number of rotatable bonds is 8. The minimum atomic E-state index is -0.700. The Labute approximate surface area is 235 Å². The number of esters is 2. The number of carbonyl (C=O) groups is 3. The quantitative estimate of drug-likeness (QED) is 0.235. The van der Waals surface area contributed by atoms with Crippen LogP contribution in [0.2, 0.25) is 0 Å². The van der Waals surface area contributed by atoms with Gasteiger partial charge in [0.2, 0.25) is 5.91 Å². The average Bonchev–Trinajstić information content (AvgIpc) is 3.28. The molecule has 1 atom stereocenters. The van der Waals surface area contributed by atoms with E-state index in [1.807, 2.05) is 12.1 Å². The molecular formula is C32H37N3O5. The van der Waals surface area contributed by atoms with Crippen molar-refractivity contribution < 1.29 is 23.9 Å².